The molecule has 0 spiro atoms. The summed E-state index contributed by atoms with van der Waals surface area (Å²) in [5, 5.41) is 13.6. The van der Waals surface area contributed by atoms with E-state index >= 15 is 0 Å². The summed E-state index contributed by atoms with van der Waals surface area (Å²) in [5.41, 5.74) is 0.688. The number of aryl methyl sites for hydroxylation is 2. The molecule has 0 aliphatic heterocycles. The molecular formula is C18H19N3O3. The average Bonchev–Trinajstić information content (AvgIpc) is 3.20. The van der Waals surface area contributed by atoms with Gasteiger partial charge >= 0.3 is 0 Å². The molecule has 0 aliphatic rings. The van der Waals surface area contributed by atoms with Crippen LogP contribution in [0.15, 0.2) is 46.9 Å². The number of furan rings is 1. The number of hydrogen-bond donors (Lipinski definition) is 1. The maximum Gasteiger partial charge on any atom is 0.217 e. The van der Waals surface area contributed by atoms with Gasteiger partial charge in [0.05, 0.1) is 13.2 Å². The molecule has 124 valence electrons. The highest BCUT2D eigenvalue weighted by atomic mass is 16.3. The van der Waals surface area contributed by atoms with Crippen molar-refractivity contribution >= 4 is 5.78 Å². The number of aliphatic hydroxyl groups is 1. The maximum atomic E-state index is 12.2. The standard InChI is InChI=1S/C18H19N3O3/c1-13-7-9-16(24-13)18-19-17(21(20-18)11-12-22)10-8-15(23)14-5-3-2-4-6-14/h2-7,9,22H,8,10-12H2,1H3. The second-order valence-electron chi connectivity index (χ2n) is 5.50. The van der Waals surface area contributed by atoms with Crippen molar-refractivity contribution in [2.75, 3.05) is 6.61 Å². The van der Waals surface area contributed by atoms with Crippen LogP contribution in [0, 0.1) is 6.92 Å². The van der Waals surface area contributed by atoms with Crippen LogP contribution >= 0.6 is 0 Å². The number of aromatic nitrogens is 3. The zero-order chi connectivity index (χ0) is 16.9. The van der Waals surface area contributed by atoms with Gasteiger partial charge in [0, 0.05) is 18.4 Å². The lowest BCUT2D eigenvalue weighted by atomic mass is 10.1. The van der Waals surface area contributed by atoms with Gasteiger partial charge in [-0.05, 0) is 19.1 Å². The third-order valence-electron chi connectivity index (χ3n) is 3.69. The molecule has 3 rings (SSSR count). The number of rotatable bonds is 7. The largest absolute Gasteiger partial charge is 0.458 e. The van der Waals surface area contributed by atoms with Crippen LogP contribution in [0.25, 0.3) is 11.6 Å². The topological polar surface area (TPSA) is 81.2 Å². The van der Waals surface area contributed by atoms with Crippen molar-refractivity contribution < 1.29 is 14.3 Å². The van der Waals surface area contributed by atoms with Gasteiger partial charge in [0.2, 0.25) is 5.82 Å². The molecule has 1 N–H and O–H groups in total. The Morgan fingerprint density at radius 3 is 2.67 bits per heavy atom. The minimum absolute atomic E-state index is 0.0420. The molecule has 2 heterocycles. The van der Waals surface area contributed by atoms with Crippen LogP contribution in [0.4, 0.5) is 0 Å². The molecule has 0 radical (unpaired) electrons. The average molecular weight is 325 g/mol. The smallest absolute Gasteiger partial charge is 0.217 e. The number of ketones is 1. The third-order valence-corrected chi connectivity index (χ3v) is 3.69. The second kappa shape index (κ2) is 7.23. The van der Waals surface area contributed by atoms with Crippen LogP contribution in [-0.4, -0.2) is 32.3 Å². The lowest BCUT2D eigenvalue weighted by Crippen LogP contribution is -2.10. The number of benzene rings is 1. The summed E-state index contributed by atoms with van der Waals surface area (Å²) in [6.45, 7) is 2.15. The van der Waals surface area contributed by atoms with Crippen LogP contribution < -0.4 is 0 Å². The monoisotopic (exact) mass is 325 g/mol. The fraction of sp³-hybridized carbons (Fsp3) is 0.278. The van der Waals surface area contributed by atoms with Crippen LogP contribution in [0.5, 0.6) is 0 Å². The maximum absolute atomic E-state index is 12.2. The zero-order valence-corrected chi connectivity index (χ0v) is 13.5. The van der Waals surface area contributed by atoms with Gasteiger partial charge in [-0.15, -0.1) is 5.10 Å². The number of carbonyl (C=O) groups excluding carboxylic acids is 1. The van der Waals surface area contributed by atoms with Gasteiger partial charge in [-0.1, -0.05) is 30.3 Å². The first-order chi connectivity index (χ1) is 11.7. The number of nitrogens with zero attached hydrogens (tertiary/aromatic N) is 3. The molecule has 0 saturated heterocycles. The number of Topliss-reactive ketones (excluding diaryl/α,β-unsaturated/α-hetero) is 1. The molecule has 24 heavy (non-hydrogen) atoms. The summed E-state index contributed by atoms with van der Waals surface area (Å²) in [4.78, 5) is 16.7. The Kier molecular flexibility index (Phi) is 4.86. The van der Waals surface area contributed by atoms with E-state index < -0.39 is 0 Å². The van der Waals surface area contributed by atoms with Crippen LogP contribution in [0.3, 0.4) is 0 Å². The summed E-state index contributed by atoms with van der Waals surface area (Å²) in [6.07, 6.45) is 0.797. The Hall–Kier alpha value is -2.73. The van der Waals surface area contributed by atoms with Crippen molar-refractivity contribution in [3.05, 3.63) is 59.6 Å². The van der Waals surface area contributed by atoms with Gasteiger partial charge < -0.3 is 9.52 Å². The molecule has 0 amide bonds. The molecule has 3 aromatic rings. The van der Waals surface area contributed by atoms with Gasteiger partial charge in [-0.25, -0.2) is 9.67 Å². The van der Waals surface area contributed by atoms with Crippen molar-refractivity contribution in [3.8, 4) is 11.6 Å². The van der Waals surface area contributed by atoms with E-state index in [1.165, 1.54) is 0 Å². The highest BCUT2D eigenvalue weighted by Gasteiger charge is 2.15. The fourth-order valence-electron chi connectivity index (χ4n) is 2.49. The van der Waals surface area contributed by atoms with Crippen LogP contribution in [-0.2, 0) is 13.0 Å². The van der Waals surface area contributed by atoms with Crippen molar-refractivity contribution in [2.24, 2.45) is 0 Å². The molecule has 0 aliphatic carbocycles. The molecule has 0 atom stereocenters. The lowest BCUT2D eigenvalue weighted by Gasteiger charge is -2.03. The van der Waals surface area contributed by atoms with E-state index in [-0.39, 0.29) is 12.4 Å². The molecule has 0 saturated carbocycles. The van der Waals surface area contributed by atoms with E-state index in [1.54, 1.807) is 16.8 Å². The summed E-state index contributed by atoms with van der Waals surface area (Å²) in [7, 11) is 0. The van der Waals surface area contributed by atoms with Gasteiger partial charge in [0.25, 0.3) is 0 Å². The first kappa shape index (κ1) is 16.1. The van der Waals surface area contributed by atoms with Gasteiger partial charge in [-0.2, -0.15) is 0 Å². The predicted octanol–water partition coefficient (Wildman–Crippen LogP) is 2.65. The summed E-state index contributed by atoms with van der Waals surface area (Å²) in [5.74, 6) is 2.56. The molecule has 6 nitrogen and oxygen atoms in total. The van der Waals surface area contributed by atoms with E-state index in [2.05, 4.69) is 10.1 Å². The minimum Gasteiger partial charge on any atom is -0.458 e. The Bertz CT molecular complexity index is 821. The Balaban J connectivity index is 1.76. The highest BCUT2D eigenvalue weighted by Crippen LogP contribution is 2.19. The molecular weight excluding hydrogens is 306 g/mol. The molecule has 2 aromatic heterocycles. The quantitative estimate of drug-likeness (QED) is 0.675. The van der Waals surface area contributed by atoms with Crippen LogP contribution in [0.1, 0.15) is 28.4 Å². The van der Waals surface area contributed by atoms with Crippen molar-refractivity contribution in [3.63, 3.8) is 0 Å². The number of carbonyl (C=O) groups is 1. The van der Waals surface area contributed by atoms with E-state index in [0.29, 0.717) is 42.4 Å². The Morgan fingerprint density at radius 2 is 2.00 bits per heavy atom. The van der Waals surface area contributed by atoms with Gasteiger partial charge in [0.15, 0.2) is 11.5 Å². The van der Waals surface area contributed by atoms with E-state index in [1.807, 2.05) is 37.3 Å². The highest BCUT2D eigenvalue weighted by molar-refractivity contribution is 5.96. The first-order valence-corrected chi connectivity index (χ1v) is 7.87. The van der Waals surface area contributed by atoms with Crippen molar-refractivity contribution in [1.82, 2.24) is 14.8 Å². The summed E-state index contributed by atoms with van der Waals surface area (Å²) >= 11 is 0. The Labute approximate surface area is 139 Å². The first-order valence-electron chi connectivity index (χ1n) is 7.87. The fourth-order valence-corrected chi connectivity index (χ4v) is 2.49. The van der Waals surface area contributed by atoms with Crippen molar-refractivity contribution in [1.29, 1.82) is 0 Å². The van der Waals surface area contributed by atoms with Crippen LogP contribution in [0.2, 0.25) is 0 Å². The molecule has 1 aromatic carbocycles. The molecule has 0 unspecified atom stereocenters. The summed E-state index contributed by atoms with van der Waals surface area (Å²) < 4.78 is 7.17. The number of hydrogen-bond acceptors (Lipinski definition) is 5. The normalized spacial score (nSPS) is 10.9. The van der Waals surface area contributed by atoms with E-state index in [0.717, 1.165) is 5.76 Å². The third kappa shape index (κ3) is 3.60. The Morgan fingerprint density at radius 1 is 1.21 bits per heavy atom. The lowest BCUT2D eigenvalue weighted by molar-refractivity contribution is 0.0981. The van der Waals surface area contributed by atoms with Gasteiger partial charge in [-0.3, -0.25) is 4.79 Å². The molecule has 6 heteroatoms. The molecule has 0 fully saturated rings. The second-order valence-corrected chi connectivity index (χ2v) is 5.50. The summed E-state index contributed by atoms with van der Waals surface area (Å²) in [6, 6.07) is 12.8. The zero-order valence-electron chi connectivity index (χ0n) is 13.5. The molecule has 0 bridgehead atoms. The number of aliphatic hydroxyl groups excluding tert-OH is 1. The van der Waals surface area contributed by atoms with Crippen molar-refractivity contribution in [2.45, 2.75) is 26.3 Å². The van der Waals surface area contributed by atoms with E-state index in [4.69, 9.17) is 4.42 Å². The van der Waals surface area contributed by atoms with E-state index in [9.17, 15) is 9.90 Å². The minimum atomic E-state index is -0.0420. The van der Waals surface area contributed by atoms with Gasteiger partial charge in [0.1, 0.15) is 11.6 Å². The SMILES string of the molecule is Cc1ccc(-c2nc(CCC(=O)c3ccccc3)n(CCO)n2)o1. The predicted molar refractivity (Wildman–Crippen MR) is 88.6 cm³/mol.